The molecule has 1 aliphatic carbocycles. The Morgan fingerprint density at radius 1 is 1.62 bits per heavy atom. The SMILES string of the molecule is NCNC1CC(F)C1. The summed E-state index contributed by atoms with van der Waals surface area (Å²) in [6, 6.07) is 0.356. The molecule has 0 unspecified atom stereocenters. The fraction of sp³-hybridized carbons (Fsp3) is 1.00. The second-order valence-corrected chi connectivity index (χ2v) is 2.17. The molecule has 1 rings (SSSR count). The van der Waals surface area contributed by atoms with Gasteiger partial charge in [-0.1, -0.05) is 0 Å². The first-order chi connectivity index (χ1) is 3.83. The van der Waals surface area contributed by atoms with Gasteiger partial charge in [0.1, 0.15) is 6.17 Å². The second-order valence-electron chi connectivity index (χ2n) is 2.17. The van der Waals surface area contributed by atoms with E-state index < -0.39 is 6.17 Å². The highest BCUT2D eigenvalue weighted by Crippen LogP contribution is 2.22. The highest BCUT2D eigenvalue weighted by atomic mass is 19.1. The molecule has 0 aliphatic heterocycles. The number of hydrogen-bond donors (Lipinski definition) is 2. The molecule has 0 spiro atoms. The average molecular weight is 118 g/mol. The number of rotatable bonds is 2. The molecular weight excluding hydrogens is 107 g/mol. The third-order valence-electron chi connectivity index (χ3n) is 1.49. The largest absolute Gasteiger partial charge is 0.318 e. The highest BCUT2D eigenvalue weighted by Gasteiger charge is 2.27. The molecule has 0 aromatic carbocycles. The Balaban J connectivity index is 1.98. The molecule has 1 fully saturated rings. The van der Waals surface area contributed by atoms with Gasteiger partial charge in [0.2, 0.25) is 0 Å². The number of nitrogens with two attached hydrogens (primary N) is 1. The molecule has 3 heteroatoms. The van der Waals surface area contributed by atoms with E-state index in [1.807, 2.05) is 0 Å². The molecule has 0 radical (unpaired) electrons. The van der Waals surface area contributed by atoms with Crippen LogP contribution in [0.1, 0.15) is 12.8 Å². The minimum absolute atomic E-state index is 0.356. The van der Waals surface area contributed by atoms with Gasteiger partial charge in [-0.15, -0.1) is 0 Å². The van der Waals surface area contributed by atoms with Crippen molar-refractivity contribution >= 4 is 0 Å². The Labute approximate surface area is 48.2 Å². The van der Waals surface area contributed by atoms with Crippen molar-refractivity contribution in [1.29, 1.82) is 0 Å². The van der Waals surface area contributed by atoms with Gasteiger partial charge in [0.05, 0.1) is 0 Å². The van der Waals surface area contributed by atoms with Crippen molar-refractivity contribution in [2.45, 2.75) is 25.1 Å². The first-order valence-corrected chi connectivity index (χ1v) is 2.90. The van der Waals surface area contributed by atoms with Crippen LogP contribution in [-0.2, 0) is 0 Å². The lowest BCUT2D eigenvalue weighted by atomic mass is 9.91. The lowest BCUT2D eigenvalue weighted by molar-refractivity contribution is 0.157. The van der Waals surface area contributed by atoms with Crippen LogP contribution in [-0.4, -0.2) is 18.9 Å². The van der Waals surface area contributed by atoms with Gasteiger partial charge < -0.3 is 11.1 Å². The summed E-state index contributed by atoms with van der Waals surface area (Å²) in [5.74, 6) is 0. The number of hydrogen-bond acceptors (Lipinski definition) is 2. The van der Waals surface area contributed by atoms with Crippen molar-refractivity contribution in [3.63, 3.8) is 0 Å². The molecular formula is C5H11FN2. The Morgan fingerprint density at radius 3 is 2.62 bits per heavy atom. The number of nitrogens with one attached hydrogen (secondary N) is 1. The first kappa shape index (κ1) is 5.98. The molecule has 0 aromatic heterocycles. The van der Waals surface area contributed by atoms with E-state index in [0.717, 1.165) is 0 Å². The molecule has 8 heavy (non-hydrogen) atoms. The minimum Gasteiger partial charge on any atom is -0.318 e. The molecule has 0 atom stereocenters. The molecule has 1 saturated carbocycles. The summed E-state index contributed by atoms with van der Waals surface area (Å²) in [7, 11) is 0. The summed E-state index contributed by atoms with van der Waals surface area (Å²) in [4.78, 5) is 0. The van der Waals surface area contributed by atoms with Crippen molar-refractivity contribution < 1.29 is 4.39 Å². The highest BCUT2D eigenvalue weighted by molar-refractivity contribution is 4.83. The standard InChI is InChI=1S/C5H11FN2/c6-4-1-5(2-4)8-3-7/h4-5,8H,1-3,7H2. The van der Waals surface area contributed by atoms with Gasteiger partial charge in [0, 0.05) is 12.7 Å². The third-order valence-corrected chi connectivity index (χ3v) is 1.49. The van der Waals surface area contributed by atoms with Gasteiger partial charge in [-0.25, -0.2) is 4.39 Å². The van der Waals surface area contributed by atoms with Gasteiger partial charge in [0.25, 0.3) is 0 Å². The third kappa shape index (κ3) is 1.17. The molecule has 2 nitrogen and oxygen atoms in total. The van der Waals surface area contributed by atoms with E-state index in [-0.39, 0.29) is 0 Å². The topological polar surface area (TPSA) is 38.0 Å². The predicted molar refractivity (Wildman–Crippen MR) is 30.1 cm³/mol. The van der Waals surface area contributed by atoms with Gasteiger partial charge in [0.15, 0.2) is 0 Å². The quantitative estimate of drug-likeness (QED) is 0.500. The van der Waals surface area contributed by atoms with Crippen molar-refractivity contribution in [2.24, 2.45) is 5.73 Å². The number of alkyl halides is 1. The molecule has 0 amide bonds. The van der Waals surface area contributed by atoms with Crippen molar-refractivity contribution in [2.75, 3.05) is 6.67 Å². The van der Waals surface area contributed by atoms with Crippen LogP contribution in [0.3, 0.4) is 0 Å². The van der Waals surface area contributed by atoms with Gasteiger partial charge >= 0.3 is 0 Å². The summed E-state index contributed by atoms with van der Waals surface area (Å²) in [5, 5.41) is 2.95. The van der Waals surface area contributed by atoms with E-state index in [2.05, 4.69) is 5.32 Å². The maximum absolute atomic E-state index is 12.0. The lowest BCUT2D eigenvalue weighted by Gasteiger charge is -2.29. The second kappa shape index (κ2) is 2.42. The Morgan fingerprint density at radius 2 is 2.25 bits per heavy atom. The van der Waals surface area contributed by atoms with Gasteiger partial charge in [-0.05, 0) is 12.8 Å². The first-order valence-electron chi connectivity index (χ1n) is 2.90. The zero-order chi connectivity index (χ0) is 5.98. The normalized spacial score (nSPS) is 36.8. The Hall–Kier alpha value is -0.150. The summed E-state index contributed by atoms with van der Waals surface area (Å²) < 4.78 is 12.0. The van der Waals surface area contributed by atoms with E-state index in [1.165, 1.54) is 0 Å². The van der Waals surface area contributed by atoms with Crippen LogP contribution in [0.4, 0.5) is 4.39 Å². The Kier molecular flexibility index (Phi) is 1.81. The average Bonchev–Trinajstić information content (AvgIpc) is 1.64. The lowest BCUT2D eigenvalue weighted by Crippen LogP contribution is -2.44. The van der Waals surface area contributed by atoms with Crippen LogP contribution in [0, 0.1) is 0 Å². The van der Waals surface area contributed by atoms with E-state index in [0.29, 0.717) is 25.6 Å². The number of halogens is 1. The maximum Gasteiger partial charge on any atom is 0.103 e. The monoisotopic (exact) mass is 118 g/mol. The molecule has 0 bridgehead atoms. The zero-order valence-electron chi connectivity index (χ0n) is 4.73. The molecule has 0 aromatic rings. The van der Waals surface area contributed by atoms with Crippen molar-refractivity contribution in [3.8, 4) is 0 Å². The smallest absolute Gasteiger partial charge is 0.103 e. The van der Waals surface area contributed by atoms with Crippen LogP contribution in [0.2, 0.25) is 0 Å². The zero-order valence-corrected chi connectivity index (χ0v) is 4.73. The van der Waals surface area contributed by atoms with E-state index in [1.54, 1.807) is 0 Å². The van der Waals surface area contributed by atoms with Crippen molar-refractivity contribution in [1.82, 2.24) is 5.32 Å². The summed E-state index contributed by atoms with van der Waals surface area (Å²) in [5.41, 5.74) is 5.15. The van der Waals surface area contributed by atoms with E-state index in [9.17, 15) is 4.39 Å². The van der Waals surface area contributed by atoms with Crippen LogP contribution in [0.15, 0.2) is 0 Å². The van der Waals surface area contributed by atoms with Crippen molar-refractivity contribution in [3.05, 3.63) is 0 Å². The fourth-order valence-corrected chi connectivity index (χ4v) is 0.882. The summed E-state index contributed by atoms with van der Waals surface area (Å²) >= 11 is 0. The van der Waals surface area contributed by atoms with E-state index in [4.69, 9.17) is 5.73 Å². The molecule has 0 heterocycles. The Bertz CT molecular complexity index is 68.1. The molecule has 0 saturated heterocycles. The summed E-state index contributed by atoms with van der Waals surface area (Å²) in [6.07, 6.45) is 0.730. The van der Waals surface area contributed by atoms with Crippen LogP contribution in [0.5, 0.6) is 0 Å². The summed E-state index contributed by atoms with van der Waals surface area (Å²) in [6.45, 7) is 0.470. The fourth-order valence-electron chi connectivity index (χ4n) is 0.882. The maximum atomic E-state index is 12.0. The van der Waals surface area contributed by atoms with Gasteiger partial charge in [-0.3, -0.25) is 0 Å². The molecule has 3 N–H and O–H groups in total. The minimum atomic E-state index is -0.570. The van der Waals surface area contributed by atoms with Crippen LogP contribution < -0.4 is 11.1 Å². The van der Waals surface area contributed by atoms with Crippen LogP contribution in [0.25, 0.3) is 0 Å². The molecule has 1 aliphatic rings. The predicted octanol–water partition coefficient (Wildman–Crippen LogP) is -0.00730. The van der Waals surface area contributed by atoms with Crippen LogP contribution >= 0.6 is 0 Å². The van der Waals surface area contributed by atoms with Gasteiger partial charge in [-0.2, -0.15) is 0 Å². The van der Waals surface area contributed by atoms with E-state index >= 15 is 0 Å². The molecule has 48 valence electrons.